The molecule has 1 aliphatic heterocycles. The van der Waals surface area contributed by atoms with Crippen LogP contribution in [-0.2, 0) is 16.1 Å². The van der Waals surface area contributed by atoms with Crippen LogP contribution in [0.15, 0.2) is 41.8 Å². The van der Waals surface area contributed by atoms with E-state index in [2.05, 4.69) is 5.32 Å². The van der Waals surface area contributed by atoms with Crippen molar-refractivity contribution in [2.75, 3.05) is 13.2 Å². The maximum absolute atomic E-state index is 13.1. The van der Waals surface area contributed by atoms with Crippen molar-refractivity contribution in [1.29, 1.82) is 0 Å². The van der Waals surface area contributed by atoms with Crippen molar-refractivity contribution in [3.8, 4) is 11.5 Å². The molecule has 7 heteroatoms. The van der Waals surface area contributed by atoms with Crippen LogP contribution in [0, 0.1) is 0 Å². The number of benzene rings is 1. The number of hydrogen-bond donors (Lipinski definition) is 1. The smallest absolute Gasteiger partial charge is 0.268 e. The van der Waals surface area contributed by atoms with Gasteiger partial charge in [0.25, 0.3) is 5.91 Å². The fourth-order valence-electron chi connectivity index (χ4n) is 2.78. The second-order valence-corrected chi connectivity index (χ2v) is 8.47. The largest absolute Gasteiger partial charge is 0.485 e. The minimum atomic E-state index is -0.776. The van der Waals surface area contributed by atoms with Crippen molar-refractivity contribution in [3.05, 3.63) is 46.7 Å². The molecule has 0 bridgehead atoms. The van der Waals surface area contributed by atoms with Crippen molar-refractivity contribution in [3.63, 3.8) is 0 Å². The van der Waals surface area contributed by atoms with E-state index in [-0.39, 0.29) is 30.5 Å². The third-order valence-electron chi connectivity index (χ3n) is 3.87. The lowest BCUT2D eigenvalue weighted by molar-refractivity contribution is -0.145. The Balaban J connectivity index is 1.73. The number of nitrogens with one attached hydrogen (secondary N) is 1. The lowest BCUT2D eigenvalue weighted by Gasteiger charge is -2.31. The lowest BCUT2D eigenvalue weighted by atomic mass is 10.1. The maximum atomic E-state index is 13.1. The van der Waals surface area contributed by atoms with Gasteiger partial charge in [-0.25, -0.2) is 0 Å². The molecule has 1 aromatic carbocycles. The third kappa shape index (κ3) is 5.23. The minimum absolute atomic E-state index is 0.0322. The highest BCUT2D eigenvalue weighted by atomic mass is 32.1. The number of rotatable bonds is 5. The molecule has 2 heterocycles. The Morgan fingerprint density at radius 1 is 1.19 bits per heavy atom. The van der Waals surface area contributed by atoms with Gasteiger partial charge < -0.3 is 19.7 Å². The Hall–Kier alpha value is -2.54. The van der Waals surface area contributed by atoms with E-state index < -0.39 is 6.10 Å². The molecule has 1 N–H and O–H groups in total. The number of thiophene rings is 1. The van der Waals surface area contributed by atoms with Crippen molar-refractivity contribution >= 4 is 23.2 Å². The first kappa shape index (κ1) is 19.2. The number of hydrogen-bond acceptors (Lipinski definition) is 5. The van der Waals surface area contributed by atoms with E-state index >= 15 is 0 Å². The summed E-state index contributed by atoms with van der Waals surface area (Å²) in [5, 5.41) is 4.85. The first-order valence-electron chi connectivity index (χ1n) is 8.82. The van der Waals surface area contributed by atoms with Gasteiger partial charge in [-0.15, -0.1) is 11.3 Å². The Morgan fingerprint density at radius 3 is 2.59 bits per heavy atom. The van der Waals surface area contributed by atoms with Crippen LogP contribution in [0.3, 0.4) is 0 Å². The van der Waals surface area contributed by atoms with E-state index in [4.69, 9.17) is 9.47 Å². The molecule has 0 unspecified atom stereocenters. The lowest BCUT2D eigenvalue weighted by Crippen LogP contribution is -2.51. The van der Waals surface area contributed by atoms with Gasteiger partial charge in [-0.2, -0.15) is 0 Å². The highest BCUT2D eigenvalue weighted by Crippen LogP contribution is 2.31. The van der Waals surface area contributed by atoms with E-state index in [9.17, 15) is 9.59 Å². The Labute approximate surface area is 163 Å². The highest BCUT2D eigenvalue weighted by Gasteiger charge is 2.32. The van der Waals surface area contributed by atoms with Gasteiger partial charge in [-0.1, -0.05) is 18.2 Å². The Kier molecular flexibility index (Phi) is 5.70. The Bertz CT molecular complexity index is 799. The van der Waals surface area contributed by atoms with Crippen molar-refractivity contribution < 1.29 is 19.1 Å². The van der Waals surface area contributed by atoms with Gasteiger partial charge >= 0.3 is 0 Å². The fraction of sp³-hybridized carbons (Fsp3) is 0.400. The number of ether oxygens (including phenoxy) is 2. The molecule has 144 valence electrons. The van der Waals surface area contributed by atoms with E-state index in [1.807, 2.05) is 50.4 Å². The molecule has 0 spiro atoms. The monoisotopic (exact) mass is 388 g/mol. The molecule has 0 fully saturated rings. The summed E-state index contributed by atoms with van der Waals surface area (Å²) in [6.07, 6.45) is -0.776. The quantitative estimate of drug-likeness (QED) is 0.855. The van der Waals surface area contributed by atoms with Crippen LogP contribution in [0.25, 0.3) is 0 Å². The summed E-state index contributed by atoms with van der Waals surface area (Å²) in [6, 6.07) is 11.1. The molecule has 1 aromatic heterocycles. The van der Waals surface area contributed by atoms with Gasteiger partial charge in [0.2, 0.25) is 12.0 Å². The Morgan fingerprint density at radius 2 is 1.93 bits per heavy atom. The molecule has 0 saturated carbocycles. The van der Waals surface area contributed by atoms with E-state index in [0.29, 0.717) is 18.0 Å². The topological polar surface area (TPSA) is 67.9 Å². The zero-order chi connectivity index (χ0) is 19.4. The van der Waals surface area contributed by atoms with Gasteiger partial charge in [0.1, 0.15) is 13.2 Å². The van der Waals surface area contributed by atoms with Crippen molar-refractivity contribution in [2.24, 2.45) is 0 Å². The van der Waals surface area contributed by atoms with Crippen LogP contribution >= 0.6 is 11.3 Å². The van der Waals surface area contributed by atoms with Crippen LogP contribution in [0.1, 0.15) is 25.6 Å². The summed E-state index contributed by atoms with van der Waals surface area (Å²) in [4.78, 5) is 28.0. The molecular weight excluding hydrogens is 364 g/mol. The van der Waals surface area contributed by atoms with Crippen molar-refractivity contribution in [2.45, 2.75) is 39.0 Å². The van der Waals surface area contributed by atoms with Crippen LogP contribution < -0.4 is 14.8 Å². The maximum Gasteiger partial charge on any atom is 0.268 e. The molecule has 6 nitrogen and oxygen atoms in total. The number of fused-ring (bicyclic) bond motifs is 1. The van der Waals surface area contributed by atoms with Crippen LogP contribution in [0.5, 0.6) is 11.5 Å². The van der Waals surface area contributed by atoms with Gasteiger partial charge in [0.05, 0.1) is 6.54 Å². The molecule has 27 heavy (non-hydrogen) atoms. The molecular formula is C20H24N2O4S. The molecule has 0 radical (unpaired) electrons. The molecule has 1 aliphatic rings. The standard InChI is InChI=1S/C20H24N2O4S/c1-20(2,3)21-18(23)12-22(11-14-7-6-10-27-14)19(24)17-13-25-15-8-4-5-9-16(15)26-17/h4-10,17H,11-13H2,1-3H3,(H,21,23)/t17-/m1/s1. The first-order valence-corrected chi connectivity index (χ1v) is 9.70. The molecule has 2 amide bonds. The molecule has 3 rings (SSSR count). The predicted octanol–water partition coefficient (Wildman–Crippen LogP) is 2.83. The SMILES string of the molecule is CC(C)(C)NC(=O)CN(Cc1cccs1)C(=O)[C@H]1COc2ccccc2O1. The van der Waals surface area contributed by atoms with Gasteiger partial charge in [0, 0.05) is 10.4 Å². The molecule has 1 atom stereocenters. The molecule has 0 saturated heterocycles. The number of carbonyl (C=O) groups excluding carboxylic acids is 2. The van der Waals surface area contributed by atoms with Crippen molar-refractivity contribution in [1.82, 2.24) is 10.2 Å². The summed E-state index contributed by atoms with van der Waals surface area (Å²) in [6.45, 7) is 6.17. The summed E-state index contributed by atoms with van der Waals surface area (Å²) >= 11 is 1.55. The van der Waals surface area contributed by atoms with Crippen LogP contribution in [0.2, 0.25) is 0 Å². The first-order chi connectivity index (χ1) is 12.8. The predicted molar refractivity (Wildman–Crippen MR) is 104 cm³/mol. The fourth-order valence-corrected chi connectivity index (χ4v) is 3.50. The highest BCUT2D eigenvalue weighted by molar-refractivity contribution is 7.09. The average molecular weight is 388 g/mol. The normalized spacial score (nSPS) is 15.9. The summed E-state index contributed by atoms with van der Waals surface area (Å²) in [7, 11) is 0. The average Bonchev–Trinajstić information content (AvgIpc) is 3.11. The number of carbonyl (C=O) groups is 2. The summed E-state index contributed by atoms with van der Waals surface area (Å²) in [5.41, 5.74) is -0.363. The molecule has 2 aromatic rings. The van der Waals surface area contributed by atoms with Crippen LogP contribution in [0.4, 0.5) is 0 Å². The summed E-state index contributed by atoms with van der Waals surface area (Å²) in [5.74, 6) is 0.695. The number of nitrogens with zero attached hydrogens (tertiary/aromatic N) is 1. The van der Waals surface area contributed by atoms with Crippen LogP contribution in [-0.4, -0.2) is 41.5 Å². The second kappa shape index (κ2) is 8.00. The van der Waals surface area contributed by atoms with Gasteiger partial charge in [-0.3, -0.25) is 9.59 Å². The molecule has 0 aliphatic carbocycles. The van der Waals surface area contributed by atoms with E-state index in [0.717, 1.165) is 4.88 Å². The van der Waals surface area contributed by atoms with Gasteiger partial charge in [-0.05, 0) is 44.4 Å². The second-order valence-electron chi connectivity index (χ2n) is 7.44. The minimum Gasteiger partial charge on any atom is -0.485 e. The zero-order valence-corrected chi connectivity index (χ0v) is 16.5. The van der Waals surface area contributed by atoms with E-state index in [1.54, 1.807) is 23.5 Å². The zero-order valence-electron chi connectivity index (χ0n) is 15.7. The van der Waals surface area contributed by atoms with Gasteiger partial charge in [0.15, 0.2) is 11.5 Å². The van der Waals surface area contributed by atoms with E-state index in [1.165, 1.54) is 4.90 Å². The summed E-state index contributed by atoms with van der Waals surface area (Å²) < 4.78 is 11.5. The number of amides is 2. The third-order valence-corrected chi connectivity index (χ3v) is 4.73. The number of para-hydroxylation sites is 2.